The summed E-state index contributed by atoms with van der Waals surface area (Å²) in [5, 5.41) is 11.2. The Morgan fingerprint density at radius 3 is 2.40 bits per heavy atom. The van der Waals surface area contributed by atoms with Crippen molar-refractivity contribution in [3.63, 3.8) is 0 Å². The van der Waals surface area contributed by atoms with Crippen LogP contribution >= 0.6 is 0 Å². The standard InChI is InChI=1S/C10H20N2O3/c1-3-5-7(11)6-9(13)12-8(4-2)10(14)15/h7-8H,3-6,11H2,1-2H3,(H,12,13)(H,14,15). The number of nitrogens with one attached hydrogen (secondary N) is 1. The van der Waals surface area contributed by atoms with E-state index in [4.69, 9.17) is 10.8 Å². The number of hydrogen-bond acceptors (Lipinski definition) is 3. The summed E-state index contributed by atoms with van der Waals surface area (Å²) in [7, 11) is 0. The van der Waals surface area contributed by atoms with Gasteiger partial charge < -0.3 is 16.2 Å². The second kappa shape index (κ2) is 7.23. The van der Waals surface area contributed by atoms with Crippen molar-refractivity contribution in [1.29, 1.82) is 0 Å². The molecule has 2 unspecified atom stereocenters. The van der Waals surface area contributed by atoms with E-state index in [-0.39, 0.29) is 18.4 Å². The maximum absolute atomic E-state index is 11.3. The van der Waals surface area contributed by atoms with Crippen LogP contribution in [0.5, 0.6) is 0 Å². The Bertz CT molecular complexity index is 219. The molecule has 0 aromatic rings. The van der Waals surface area contributed by atoms with Crippen molar-refractivity contribution < 1.29 is 14.7 Å². The summed E-state index contributed by atoms with van der Waals surface area (Å²) < 4.78 is 0. The number of aliphatic carboxylic acids is 1. The van der Waals surface area contributed by atoms with Crippen LogP contribution in [-0.4, -0.2) is 29.1 Å². The average molecular weight is 216 g/mol. The summed E-state index contributed by atoms with van der Waals surface area (Å²) in [6.45, 7) is 3.70. The van der Waals surface area contributed by atoms with E-state index >= 15 is 0 Å². The van der Waals surface area contributed by atoms with Gasteiger partial charge in [-0.2, -0.15) is 0 Å². The van der Waals surface area contributed by atoms with Gasteiger partial charge in [-0.05, 0) is 12.8 Å². The number of carboxylic acids is 1. The molecule has 5 heteroatoms. The number of carbonyl (C=O) groups is 2. The molecule has 0 aliphatic carbocycles. The van der Waals surface area contributed by atoms with Crippen molar-refractivity contribution in [3.05, 3.63) is 0 Å². The molecule has 5 nitrogen and oxygen atoms in total. The van der Waals surface area contributed by atoms with Crippen molar-refractivity contribution in [2.45, 2.75) is 51.6 Å². The van der Waals surface area contributed by atoms with Crippen molar-refractivity contribution in [2.24, 2.45) is 5.73 Å². The summed E-state index contributed by atoms with van der Waals surface area (Å²) in [4.78, 5) is 22.0. The van der Waals surface area contributed by atoms with Gasteiger partial charge in [0.2, 0.25) is 5.91 Å². The molecule has 0 rings (SSSR count). The second-order valence-electron chi connectivity index (χ2n) is 3.62. The number of carboxylic acid groups (broad SMARTS) is 1. The van der Waals surface area contributed by atoms with Gasteiger partial charge in [-0.3, -0.25) is 4.79 Å². The van der Waals surface area contributed by atoms with Crippen LogP contribution in [0, 0.1) is 0 Å². The molecule has 88 valence electrons. The minimum atomic E-state index is -1.00. The fourth-order valence-electron chi connectivity index (χ4n) is 1.30. The van der Waals surface area contributed by atoms with E-state index < -0.39 is 12.0 Å². The van der Waals surface area contributed by atoms with Gasteiger partial charge in [0.05, 0.1) is 0 Å². The van der Waals surface area contributed by atoms with Crippen LogP contribution in [0.2, 0.25) is 0 Å². The minimum absolute atomic E-state index is 0.179. The molecule has 0 spiro atoms. The fraction of sp³-hybridized carbons (Fsp3) is 0.800. The number of hydrogen-bond donors (Lipinski definition) is 3. The highest BCUT2D eigenvalue weighted by molar-refractivity contribution is 5.83. The lowest BCUT2D eigenvalue weighted by Crippen LogP contribution is -2.42. The van der Waals surface area contributed by atoms with Gasteiger partial charge in [0, 0.05) is 12.5 Å². The molecule has 1 amide bonds. The summed E-state index contributed by atoms with van der Waals surface area (Å²) in [6, 6.07) is -0.979. The first-order chi connectivity index (χ1) is 7.01. The predicted octanol–water partition coefficient (Wildman–Crippen LogP) is 0.483. The smallest absolute Gasteiger partial charge is 0.326 e. The zero-order valence-corrected chi connectivity index (χ0v) is 9.32. The van der Waals surface area contributed by atoms with Gasteiger partial charge in [-0.1, -0.05) is 20.3 Å². The van der Waals surface area contributed by atoms with Gasteiger partial charge in [-0.15, -0.1) is 0 Å². The molecule has 0 aromatic heterocycles. The SMILES string of the molecule is CCCC(N)CC(=O)NC(CC)C(=O)O. The molecule has 4 N–H and O–H groups in total. The third-order valence-electron chi connectivity index (χ3n) is 2.15. The van der Waals surface area contributed by atoms with Crippen molar-refractivity contribution in [3.8, 4) is 0 Å². The van der Waals surface area contributed by atoms with Crippen LogP contribution in [0.15, 0.2) is 0 Å². The number of rotatable bonds is 7. The summed E-state index contributed by atoms with van der Waals surface area (Å²) >= 11 is 0. The number of amides is 1. The van der Waals surface area contributed by atoms with Gasteiger partial charge >= 0.3 is 5.97 Å². The molecule has 15 heavy (non-hydrogen) atoms. The predicted molar refractivity (Wildman–Crippen MR) is 57.4 cm³/mol. The highest BCUT2D eigenvalue weighted by Gasteiger charge is 2.18. The molecule has 0 bridgehead atoms. The van der Waals surface area contributed by atoms with Crippen LogP contribution in [0.3, 0.4) is 0 Å². The largest absolute Gasteiger partial charge is 0.480 e. The zero-order valence-electron chi connectivity index (χ0n) is 9.32. The number of nitrogens with two attached hydrogens (primary N) is 1. The highest BCUT2D eigenvalue weighted by atomic mass is 16.4. The molecule has 0 radical (unpaired) electrons. The average Bonchev–Trinajstić information content (AvgIpc) is 2.13. The monoisotopic (exact) mass is 216 g/mol. The van der Waals surface area contributed by atoms with Crippen molar-refractivity contribution in [2.75, 3.05) is 0 Å². The molecule has 0 saturated heterocycles. The van der Waals surface area contributed by atoms with E-state index in [9.17, 15) is 9.59 Å². The van der Waals surface area contributed by atoms with E-state index in [1.807, 2.05) is 6.92 Å². The van der Waals surface area contributed by atoms with Gasteiger partial charge in [-0.25, -0.2) is 4.79 Å². The molecule has 2 atom stereocenters. The van der Waals surface area contributed by atoms with E-state index in [2.05, 4.69) is 5.32 Å². The second-order valence-corrected chi connectivity index (χ2v) is 3.62. The van der Waals surface area contributed by atoms with E-state index in [1.54, 1.807) is 6.92 Å². The maximum atomic E-state index is 11.3. The first-order valence-electron chi connectivity index (χ1n) is 5.29. The van der Waals surface area contributed by atoms with Crippen LogP contribution in [-0.2, 0) is 9.59 Å². The molecular formula is C10H20N2O3. The van der Waals surface area contributed by atoms with E-state index in [0.29, 0.717) is 6.42 Å². The molecule has 0 saturated carbocycles. The normalized spacial score (nSPS) is 14.3. The molecule has 0 heterocycles. The van der Waals surface area contributed by atoms with Crippen molar-refractivity contribution in [1.82, 2.24) is 5.32 Å². The highest BCUT2D eigenvalue weighted by Crippen LogP contribution is 1.99. The van der Waals surface area contributed by atoms with E-state index in [1.165, 1.54) is 0 Å². The molecule has 0 fully saturated rings. The third-order valence-corrected chi connectivity index (χ3v) is 2.15. The molecule has 0 aliphatic heterocycles. The summed E-state index contributed by atoms with van der Waals surface area (Å²) in [6.07, 6.45) is 2.27. The summed E-state index contributed by atoms with van der Waals surface area (Å²) in [5.74, 6) is -1.29. The van der Waals surface area contributed by atoms with Crippen LogP contribution in [0.4, 0.5) is 0 Å². The first kappa shape index (κ1) is 13.9. The Hall–Kier alpha value is -1.10. The topological polar surface area (TPSA) is 92.4 Å². The third kappa shape index (κ3) is 6.06. The number of carbonyl (C=O) groups excluding carboxylic acids is 1. The quantitative estimate of drug-likeness (QED) is 0.577. The van der Waals surface area contributed by atoms with Crippen LogP contribution in [0.25, 0.3) is 0 Å². The van der Waals surface area contributed by atoms with Crippen molar-refractivity contribution >= 4 is 11.9 Å². The van der Waals surface area contributed by atoms with E-state index in [0.717, 1.165) is 12.8 Å². The van der Waals surface area contributed by atoms with Crippen LogP contribution in [0.1, 0.15) is 39.5 Å². The molecular weight excluding hydrogens is 196 g/mol. The Kier molecular flexibility index (Phi) is 6.70. The molecule has 0 aromatic carbocycles. The Morgan fingerprint density at radius 2 is 2.00 bits per heavy atom. The lowest BCUT2D eigenvalue weighted by molar-refractivity contribution is -0.141. The summed E-state index contributed by atoms with van der Waals surface area (Å²) in [5.41, 5.74) is 5.67. The first-order valence-corrected chi connectivity index (χ1v) is 5.29. The molecule has 0 aliphatic rings. The Balaban J connectivity index is 3.96. The Labute approximate surface area is 90.0 Å². The maximum Gasteiger partial charge on any atom is 0.326 e. The van der Waals surface area contributed by atoms with Gasteiger partial charge in [0.1, 0.15) is 6.04 Å². The lowest BCUT2D eigenvalue weighted by atomic mass is 10.1. The Morgan fingerprint density at radius 1 is 1.40 bits per heavy atom. The van der Waals surface area contributed by atoms with Gasteiger partial charge in [0.15, 0.2) is 0 Å². The van der Waals surface area contributed by atoms with Crippen LogP contribution < -0.4 is 11.1 Å². The van der Waals surface area contributed by atoms with Gasteiger partial charge in [0.25, 0.3) is 0 Å². The fourth-order valence-corrected chi connectivity index (χ4v) is 1.30. The zero-order chi connectivity index (χ0) is 11.8. The minimum Gasteiger partial charge on any atom is -0.480 e. The lowest BCUT2D eigenvalue weighted by Gasteiger charge is -2.14.